The minimum absolute atomic E-state index is 0.188. The summed E-state index contributed by atoms with van der Waals surface area (Å²) >= 11 is 12.1. The minimum Gasteiger partial charge on any atom is -0.497 e. The normalized spacial score (nSPS) is 17.4. The van der Waals surface area contributed by atoms with Crippen LogP contribution >= 0.6 is 23.2 Å². The first kappa shape index (κ1) is 19.1. The summed E-state index contributed by atoms with van der Waals surface area (Å²) in [6.07, 6.45) is -0.913. The van der Waals surface area contributed by atoms with Gasteiger partial charge in [-0.05, 0) is 12.1 Å². The van der Waals surface area contributed by atoms with Gasteiger partial charge in [-0.25, -0.2) is 4.79 Å². The molecule has 9 heteroatoms. The highest BCUT2D eigenvalue weighted by Crippen LogP contribution is 2.36. The maximum Gasteiger partial charge on any atom is 0.335 e. The van der Waals surface area contributed by atoms with Crippen LogP contribution < -0.4 is 5.32 Å². The van der Waals surface area contributed by atoms with E-state index in [-0.39, 0.29) is 23.2 Å². The second kappa shape index (κ2) is 8.22. The molecule has 2 unspecified atom stereocenters. The molecular weight excluding hydrogens is 373 g/mol. The fourth-order valence-electron chi connectivity index (χ4n) is 2.20. The molecule has 0 aromatic heterocycles. The Kier molecular flexibility index (Phi) is 6.27. The van der Waals surface area contributed by atoms with Crippen LogP contribution in [0.3, 0.4) is 0 Å². The van der Waals surface area contributed by atoms with Crippen molar-refractivity contribution in [2.75, 3.05) is 13.7 Å². The van der Waals surface area contributed by atoms with Crippen LogP contribution in [0.5, 0.6) is 0 Å². The van der Waals surface area contributed by atoms with Crippen LogP contribution in [0.15, 0.2) is 30.0 Å². The zero-order chi connectivity index (χ0) is 18.6. The predicted molar refractivity (Wildman–Crippen MR) is 89.0 cm³/mol. The minimum atomic E-state index is -1.07. The van der Waals surface area contributed by atoms with E-state index < -0.39 is 24.1 Å². The largest absolute Gasteiger partial charge is 0.497 e. The first-order valence-electron chi connectivity index (χ1n) is 7.17. The summed E-state index contributed by atoms with van der Waals surface area (Å²) in [6, 6.07) is 4.59. The number of benzene rings is 1. The molecule has 1 aliphatic heterocycles. The van der Waals surface area contributed by atoms with E-state index in [1.807, 2.05) is 0 Å². The maximum atomic E-state index is 12.0. The fourth-order valence-corrected chi connectivity index (χ4v) is 2.72. The van der Waals surface area contributed by atoms with E-state index in [1.165, 1.54) is 20.1 Å². The lowest BCUT2D eigenvalue weighted by atomic mass is 10.0. The van der Waals surface area contributed by atoms with Gasteiger partial charge in [-0.15, -0.1) is 0 Å². The molecule has 134 valence electrons. The maximum absolute atomic E-state index is 12.0. The van der Waals surface area contributed by atoms with Crippen molar-refractivity contribution in [1.82, 2.24) is 5.32 Å². The molecule has 2 rings (SSSR count). The summed E-state index contributed by atoms with van der Waals surface area (Å²) in [5.74, 6) is -1.56. The Bertz CT molecular complexity index is 733. The van der Waals surface area contributed by atoms with Crippen LogP contribution in [0.2, 0.25) is 10.0 Å². The molecule has 1 aliphatic rings. The van der Waals surface area contributed by atoms with Crippen molar-refractivity contribution in [2.45, 2.75) is 19.1 Å². The Labute approximate surface area is 153 Å². The zero-order valence-electron chi connectivity index (χ0n) is 13.4. The van der Waals surface area contributed by atoms with Gasteiger partial charge in [0.1, 0.15) is 12.3 Å². The van der Waals surface area contributed by atoms with Crippen molar-refractivity contribution < 1.29 is 28.6 Å². The highest BCUT2D eigenvalue weighted by Gasteiger charge is 2.39. The molecule has 1 N–H and O–H groups in total. The Morgan fingerprint density at radius 2 is 2.08 bits per heavy atom. The van der Waals surface area contributed by atoms with Gasteiger partial charge in [0.25, 0.3) is 0 Å². The first-order chi connectivity index (χ1) is 11.8. The number of cyclic esters (lactones) is 1. The van der Waals surface area contributed by atoms with Crippen molar-refractivity contribution in [3.63, 3.8) is 0 Å². The Hall–Kier alpha value is -2.25. The highest BCUT2D eigenvalue weighted by molar-refractivity contribution is 6.35. The van der Waals surface area contributed by atoms with Crippen LogP contribution in [0, 0.1) is 0 Å². The molecular formula is C16H15Cl2NO6. The Morgan fingerprint density at radius 3 is 2.68 bits per heavy atom. The van der Waals surface area contributed by atoms with Crippen molar-refractivity contribution in [3.05, 3.63) is 45.6 Å². The van der Waals surface area contributed by atoms with E-state index in [4.69, 9.17) is 37.4 Å². The molecule has 1 aromatic carbocycles. The molecule has 25 heavy (non-hydrogen) atoms. The Balaban J connectivity index is 2.31. The standard InChI is InChI=1S/C16H15Cl2NO6/c1-8(20)19-7-14(22)25-15(10-4-3-9(17)5-11(10)18)16-12(23-2)6-13(21)24-16/h3-6,15-16H,7H2,1-2H3,(H,19,20). The second-order valence-electron chi connectivity index (χ2n) is 5.09. The predicted octanol–water partition coefficient (Wildman–Crippen LogP) is 2.17. The van der Waals surface area contributed by atoms with Crippen molar-refractivity contribution in [1.29, 1.82) is 0 Å². The number of rotatable bonds is 6. The van der Waals surface area contributed by atoms with Gasteiger partial charge in [-0.1, -0.05) is 29.3 Å². The third-order valence-electron chi connectivity index (χ3n) is 3.30. The van der Waals surface area contributed by atoms with Crippen LogP contribution in [0.4, 0.5) is 0 Å². The van der Waals surface area contributed by atoms with E-state index in [1.54, 1.807) is 12.1 Å². The van der Waals surface area contributed by atoms with E-state index >= 15 is 0 Å². The summed E-state index contributed by atoms with van der Waals surface area (Å²) < 4.78 is 15.7. The molecule has 1 heterocycles. The van der Waals surface area contributed by atoms with E-state index in [9.17, 15) is 14.4 Å². The number of hydrogen-bond acceptors (Lipinski definition) is 6. The molecule has 0 spiro atoms. The van der Waals surface area contributed by atoms with Gasteiger partial charge in [-0.2, -0.15) is 0 Å². The lowest BCUT2D eigenvalue weighted by Crippen LogP contribution is -2.33. The summed E-state index contributed by atoms with van der Waals surface area (Å²) in [7, 11) is 1.36. The molecule has 7 nitrogen and oxygen atoms in total. The molecule has 0 bridgehead atoms. The van der Waals surface area contributed by atoms with Gasteiger partial charge in [0.2, 0.25) is 5.91 Å². The SMILES string of the molecule is COC1=CC(=O)OC1C(OC(=O)CNC(C)=O)c1ccc(Cl)cc1Cl. The summed E-state index contributed by atoms with van der Waals surface area (Å²) in [4.78, 5) is 34.5. The average Bonchev–Trinajstić information content (AvgIpc) is 2.92. The van der Waals surface area contributed by atoms with Crippen molar-refractivity contribution in [3.8, 4) is 0 Å². The molecule has 0 saturated carbocycles. The lowest BCUT2D eigenvalue weighted by Gasteiger charge is -2.25. The van der Waals surface area contributed by atoms with Gasteiger partial charge >= 0.3 is 11.9 Å². The number of nitrogens with one attached hydrogen (secondary N) is 1. The topological polar surface area (TPSA) is 90.9 Å². The zero-order valence-corrected chi connectivity index (χ0v) is 14.9. The Morgan fingerprint density at radius 1 is 1.36 bits per heavy atom. The van der Waals surface area contributed by atoms with Crippen LogP contribution in [-0.2, 0) is 28.6 Å². The number of hydrogen-bond donors (Lipinski definition) is 1. The smallest absolute Gasteiger partial charge is 0.335 e. The van der Waals surface area contributed by atoms with Crippen LogP contribution in [-0.4, -0.2) is 37.6 Å². The number of amides is 1. The first-order valence-corrected chi connectivity index (χ1v) is 7.92. The monoisotopic (exact) mass is 387 g/mol. The number of carbonyl (C=O) groups excluding carboxylic acids is 3. The molecule has 1 aromatic rings. The molecule has 2 atom stereocenters. The summed E-state index contributed by atoms with van der Waals surface area (Å²) in [6.45, 7) is 0.926. The number of carbonyl (C=O) groups is 3. The number of methoxy groups -OCH3 is 1. The lowest BCUT2D eigenvalue weighted by molar-refractivity contribution is -0.162. The van der Waals surface area contributed by atoms with E-state index in [0.717, 1.165) is 6.08 Å². The van der Waals surface area contributed by atoms with Crippen molar-refractivity contribution in [2.24, 2.45) is 0 Å². The van der Waals surface area contributed by atoms with Gasteiger partial charge in [-0.3, -0.25) is 9.59 Å². The molecule has 0 aliphatic carbocycles. The van der Waals surface area contributed by atoms with Gasteiger partial charge in [0.05, 0.1) is 13.2 Å². The molecule has 0 fully saturated rings. The van der Waals surface area contributed by atoms with Gasteiger partial charge < -0.3 is 19.5 Å². The average molecular weight is 388 g/mol. The second-order valence-corrected chi connectivity index (χ2v) is 5.94. The van der Waals surface area contributed by atoms with Crippen LogP contribution in [0.25, 0.3) is 0 Å². The molecule has 0 radical (unpaired) electrons. The van der Waals surface area contributed by atoms with E-state index in [2.05, 4.69) is 5.32 Å². The third-order valence-corrected chi connectivity index (χ3v) is 3.87. The number of halogens is 2. The summed E-state index contributed by atoms with van der Waals surface area (Å²) in [5, 5.41) is 2.95. The molecule has 0 saturated heterocycles. The van der Waals surface area contributed by atoms with Gasteiger partial charge in [0, 0.05) is 22.5 Å². The van der Waals surface area contributed by atoms with Gasteiger partial charge in [0.15, 0.2) is 12.2 Å². The number of esters is 2. The molecule has 1 amide bonds. The number of ether oxygens (including phenoxy) is 3. The van der Waals surface area contributed by atoms with Crippen molar-refractivity contribution >= 4 is 41.0 Å². The highest BCUT2D eigenvalue weighted by atomic mass is 35.5. The van der Waals surface area contributed by atoms with Crippen LogP contribution in [0.1, 0.15) is 18.6 Å². The fraction of sp³-hybridized carbons (Fsp3) is 0.312. The third kappa shape index (κ3) is 4.87. The quantitative estimate of drug-likeness (QED) is 0.752. The van der Waals surface area contributed by atoms with E-state index in [0.29, 0.717) is 10.6 Å². The summed E-state index contributed by atoms with van der Waals surface area (Å²) in [5.41, 5.74) is 0.380.